The molecule has 0 aliphatic rings. The smallest absolute Gasteiger partial charge is 0.133 e. The lowest BCUT2D eigenvalue weighted by Crippen LogP contribution is -1.83. The molecule has 13 heavy (non-hydrogen) atoms. The summed E-state index contributed by atoms with van der Waals surface area (Å²) in [5.41, 5.74) is 7.39. The van der Waals surface area contributed by atoms with Gasteiger partial charge in [-0.3, -0.25) is 0 Å². The summed E-state index contributed by atoms with van der Waals surface area (Å²) in [7, 11) is 0. The summed E-state index contributed by atoms with van der Waals surface area (Å²) in [6, 6.07) is 11.4. The Morgan fingerprint density at radius 3 is 2.54 bits per heavy atom. The average molecular weight is 196 g/mol. The van der Waals surface area contributed by atoms with Crippen LogP contribution in [0.5, 0.6) is 0 Å². The fraction of sp³-hybridized carbons (Fsp3) is 0. The first kappa shape index (κ1) is 9.68. The zero-order valence-electron chi connectivity index (χ0n) is 6.94. The molecule has 68 valence electrons. The van der Waals surface area contributed by atoms with Crippen molar-refractivity contribution in [2.24, 2.45) is 0 Å². The largest absolute Gasteiger partial charge is 0.464 e. The summed E-state index contributed by atoms with van der Waals surface area (Å²) in [5, 5.41) is 0. The average Bonchev–Trinajstić information content (AvgIpc) is 2.56. The highest BCUT2D eigenvalue weighted by Crippen LogP contribution is 2.21. The van der Waals surface area contributed by atoms with Crippen molar-refractivity contribution in [3.05, 3.63) is 42.7 Å². The first-order chi connectivity index (χ1) is 5.86. The van der Waals surface area contributed by atoms with Crippen molar-refractivity contribution in [3.8, 4) is 11.3 Å². The number of hydrogen-bond acceptors (Lipinski definition) is 2. The van der Waals surface area contributed by atoms with Crippen LogP contribution in [0.4, 0.5) is 5.69 Å². The molecule has 0 spiro atoms. The van der Waals surface area contributed by atoms with E-state index in [1.807, 2.05) is 36.4 Å². The molecule has 0 fully saturated rings. The molecule has 2 nitrogen and oxygen atoms in total. The summed E-state index contributed by atoms with van der Waals surface area (Å²) in [4.78, 5) is 0. The molecular formula is C10H10ClNO. The molecule has 0 amide bonds. The summed E-state index contributed by atoms with van der Waals surface area (Å²) in [6.45, 7) is 0. The van der Waals surface area contributed by atoms with Crippen LogP contribution in [0.1, 0.15) is 0 Å². The van der Waals surface area contributed by atoms with E-state index in [0.717, 1.165) is 17.0 Å². The van der Waals surface area contributed by atoms with E-state index in [-0.39, 0.29) is 12.4 Å². The summed E-state index contributed by atoms with van der Waals surface area (Å²) in [6.07, 6.45) is 1.65. The fourth-order valence-corrected chi connectivity index (χ4v) is 1.13. The van der Waals surface area contributed by atoms with Gasteiger partial charge in [0.1, 0.15) is 5.76 Å². The van der Waals surface area contributed by atoms with E-state index in [9.17, 15) is 0 Å². The van der Waals surface area contributed by atoms with E-state index in [1.54, 1.807) is 6.26 Å². The Balaban J connectivity index is 0.000000845. The van der Waals surface area contributed by atoms with Crippen LogP contribution >= 0.6 is 12.4 Å². The molecular weight excluding hydrogens is 186 g/mol. The molecule has 1 aromatic carbocycles. The van der Waals surface area contributed by atoms with Crippen molar-refractivity contribution in [3.63, 3.8) is 0 Å². The van der Waals surface area contributed by atoms with Crippen molar-refractivity contribution >= 4 is 18.1 Å². The third-order valence-electron chi connectivity index (χ3n) is 1.69. The highest BCUT2D eigenvalue weighted by molar-refractivity contribution is 5.85. The van der Waals surface area contributed by atoms with Crippen molar-refractivity contribution in [1.82, 2.24) is 0 Å². The number of anilines is 1. The molecule has 1 aromatic heterocycles. The molecule has 0 saturated carbocycles. The van der Waals surface area contributed by atoms with Gasteiger partial charge in [-0.2, -0.15) is 0 Å². The number of hydrogen-bond donors (Lipinski definition) is 1. The first-order valence-electron chi connectivity index (χ1n) is 3.76. The second-order valence-electron chi connectivity index (χ2n) is 2.60. The molecule has 0 saturated heterocycles. The van der Waals surface area contributed by atoms with Crippen molar-refractivity contribution in [1.29, 1.82) is 0 Å². The standard InChI is InChI=1S/C10H9NO.ClH/c11-9-4-1-3-8(7-9)10-5-2-6-12-10;/h1-7H,11H2;1H. The van der Waals surface area contributed by atoms with E-state index in [0.29, 0.717) is 0 Å². The van der Waals surface area contributed by atoms with Crippen molar-refractivity contribution in [2.45, 2.75) is 0 Å². The van der Waals surface area contributed by atoms with Crippen LogP contribution in [0.15, 0.2) is 47.1 Å². The number of nitrogens with two attached hydrogens (primary N) is 1. The predicted octanol–water partition coefficient (Wildman–Crippen LogP) is 2.95. The molecule has 3 heteroatoms. The van der Waals surface area contributed by atoms with Crippen LogP contribution < -0.4 is 5.73 Å². The van der Waals surface area contributed by atoms with E-state index in [2.05, 4.69) is 0 Å². The maximum Gasteiger partial charge on any atom is 0.133 e. The number of rotatable bonds is 1. The van der Waals surface area contributed by atoms with Crippen LogP contribution in [0.25, 0.3) is 11.3 Å². The zero-order chi connectivity index (χ0) is 8.39. The fourth-order valence-electron chi connectivity index (χ4n) is 1.13. The zero-order valence-corrected chi connectivity index (χ0v) is 7.75. The van der Waals surface area contributed by atoms with Gasteiger partial charge in [-0.1, -0.05) is 12.1 Å². The monoisotopic (exact) mass is 195 g/mol. The third kappa shape index (κ3) is 2.04. The van der Waals surface area contributed by atoms with Crippen LogP contribution in [-0.4, -0.2) is 0 Å². The maximum atomic E-state index is 5.62. The van der Waals surface area contributed by atoms with Gasteiger partial charge in [-0.25, -0.2) is 0 Å². The minimum absolute atomic E-state index is 0. The second kappa shape index (κ2) is 4.01. The Bertz CT molecular complexity index is 370. The quantitative estimate of drug-likeness (QED) is 0.711. The second-order valence-corrected chi connectivity index (χ2v) is 2.60. The highest BCUT2D eigenvalue weighted by atomic mass is 35.5. The summed E-state index contributed by atoms with van der Waals surface area (Å²) in [5.74, 6) is 0.849. The molecule has 0 bridgehead atoms. The van der Waals surface area contributed by atoms with E-state index < -0.39 is 0 Å². The van der Waals surface area contributed by atoms with E-state index in [1.165, 1.54) is 0 Å². The third-order valence-corrected chi connectivity index (χ3v) is 1.69. The Morgan fingerprint density at radius 1 is 1.08 bits per heavy atom. The van der Waals surface area contributed by atoms with Gasteiger partial charge >= 0.3 is 0 Å². The number of furan rings is 1. The van der Waals surface area contributed by atoms with Gasteiger partial charge in [0, 0.05) is 11.3 Å². The molecule has 0 unspecified atom stereocenters. The lowest BCUT2D eigenvalue weighted by molar-refractivity contribution is 0.582. The van der Waals surface area contributed by atoms with Gasteiger partial charge in [0.05, 0.1) is 6.26 Å². The topological polar surface area (TPSA) is 39.2 Å². The molecule has 0 aliphatic carbocycles. The molecule has 0 aliphatic heterocycles. The van der Waals surface area contributed by atoms with Crippen LogP contribution in [0.3, 0.4) is 0 Å². The van der Waals surface area contributed by atoms with Crippen molar-refractivity contribution < 1.29 is 4.42 Å². The molecule has 0 radical (unpaired) electrons. The van der Waals surface area contributed by atoms with E-state index in [4.69, 9.17) is 10.2 Å². The molecule has 2 aromatic rings. The van der Waals surface area contributed by atoms with Gasteiger partial charge in [0.25, 0.3) is 0 Å². The Morgan fingerprint density at radius 2 is 1.92 bits per heavy atom. The predicted molar refractivity (Wildman–Crippen MR) is 55.8 cm³/mol. The molecule has 0 atom stereocenters. The number of nitrogen functional groups attached to an aromatic ring is 1. The van der Waals surface area contributed by atoms with Gasteiger partial charge in [-0.05, 0) is 24.3 Å². The minimum atomic E-state index is 0. The normalized spacial score (nSPS) is 9.23. The Labute approximate surface area is 82.8 Å². The summed E-state index contributed by atoms with van der Waals surface area (Å²) >= 11 is 0. The minimum Gasteiger partial charge on any atom is -0.464 e. The molecule has 2 rings (SSSR count). The first-order valence-corrected chi connectivity index (χ1v) is 3.76. The van der Waals surface area contributed by atoms with Crippen LogP contribution in [-0.2, 0) is 0 Å². The summed E-state index contributed by atoms with van der Waals surface area (Å²) < 4.78 is 5.22. The Hall–Kier alpha value is -1.41. The van der Waals surface area contributed by atoms with Gasteiger partial charge in [-0.15, -0.1) is 12.4 Å². The molecule has 1 heterocycles. The van der Waals surface area contributed by atoms with Gasteiger partial charge in [0.15, 0.2) is 0 Å². The van der Waals surface area contributed by atoms with Crippen LogP contribution in [0, 0.1) is 0 Å². The van der Waals surface area contributed by atoms with Gasteiger partial charge < -0.3 is 10.2 Å². The highest BCUT2D eigenvalue weighted by Gasteiger charge is 1.98. The van der Waals surface area contributed by atoms with Crippen molar-refractivity contribution in [2.75, 3.05) is 5.73 Å². The number of halogens is 1. The van der Waals surface area contributed by atoms with Crippen LogP contribution in [0.2, 0.25) is 0 Å². The lowest BCUT2D eigenvalue weighted by atomic mass is 10.1. The Kier molecular flexibility index (Phi) is 2.98. The van der Waals surface area contributed by atoms with E-state index >= 15 is 0 Å². The maximum absolute atomic E-state index is 5.62. The molecule has 2 N–H and O–H groups in total. The lowest BCUT2D eigenvalue weighted by Gasteiger charge is -1.96. The van der Waals surface area contributed by atoms with Gasteiger partial charge in [0.2, 0.25) is 0 Å². The number of benzene rings is 1. The SMILES string of the molecule is Cl.Nc1cccc(-c2ccco2)c1.